The van der Waals surface area contributed by atoms with E-state index in [-0.39, 0.29) is 12.4 Å². The highest BCUT2D eigenvalue weighted by atomic mass is 79.9. The van der Waals surface area contributed by atoms with Crippen LogP contribution in [0.4, 0.5) is 13.2 Å². The second-order valence-electron chi connectivity index (χ2n) is 4.28. The van der Waals surface area contributed by atoms with Gasteiger partial charge in [-0.3, -0.25) is 0 Å². The van der Waals surface area contributed by atoms with Gasteiger partial charge < -0.3 is 5.73 Å². The third kappa shape index (κ3) is 2.57. The Balaban J connectivity index is 2.67. The largest absolute Gasteiger partial charge is 0.433 e. The molecule has 0 aliphatic carbocycles. The van der Waals surface area contributed by atoms with Crippen LogP contribution in [-0.2, 0) is 12.7 Å². The lowest BCUT2D eigenvalue weighted by Crippen LogP contribution is -2.15. The fourth-order valence-corrected chi connectivity index (χ4v) is 2.05. The molecule has 0 radical (unpaired) electrons. The van der Waals surface area contributed by atoms with Gasteiger partial charge in [0.05, 0.1) is 15.9 Å². The normalized spacial score (nSPS) is 11.9. The zero-order valence-electron chi connectivity index (χ0n) is 10.8. The Kier molecular flexibility index (Phi) is 3.88. The third-order valence-electron chi connectivity index (χ3n) is 2.87. The van der Waals surface area contributed by atoms with Crippen molar-refractivity contribution in [3.8, 4) is 5.82 Å². The zero-order valence-corrected chi connectivity index (χ0v) is 12.4. The molecule has 2 aromatic heterocycles. The van der Waals surface area contributed by atoms with Gasteiger partial charge in [0.1, 0.15) is 5.69 Å². The summed E-state index contributed by atoms with van der Waals surface area (Å²) in [4.78, 5) is 3.67. The lowest BCUT2D eigenvalue weighted by atomic mass is 10.2. The minimum Gasteiger partial charge on any atom is -0.326 e. The van der Waals surface area contributed by atoms with Crippen LogP contribution >= 0.6 is 15.9 Å². The quantitative estimate of drug-likeness (QED) is 0.906. The van der Waals surface area contributed by atoms with Gasteiger partial charge in [-0.2, -0.15) is 18.3 Å². The predicted molar refractivity (Wildman–Crippen MR) is 71.4 cm³/mol. The topological polar surface area (TPSA) is 56.7 Å². The number of hydrogen-bond acceptors (Lipinski definition) is 3. The molecule has 0 aromatic carbocycles. The molecule has 4 nitrogen and oxygen atoms in total. The molecule has 0 atom stereocenters. The van der Waals surface area contributed by atoms with E-state index in [1.54, 1.807) is 13.8 Å². The van der Waals surface area contributed by atoms with E-state index >= 15 is 0 Å². The highest BCUT2D eigenvalue weighted by Gasteiger charge is 2.33. The van der Waals surface area contributed by atoms with E-state index in [0.29, 0.717) is 17.0 Å². The molecular weight excluding hydrogens is 337 g/mol. The van der Waals surface area contributed by atoms with Crippen LogP contribution in [0.3, 0.4) is 0 Å². The van der Waals surface area contributed by atoms with E-state index in [9.17, 15) is 13.2 Å². The molecule has 108 valence electrons. The number of nitrogens with zero attached hydrogens (tertiary/aromatic N) is 3. The molecule has 0 aliphatic rings. The average Bonchev–Trinajstić information content (AvgIpc) is 2.64. The maximum Gasteiger partial charge on any atom is 0.433 e. The third-order valence-corrected chi connectivity index (χ3v) is 4.02. The van der Waals surface area contributed by atoms with Gasteiger partial charge in [-0.1, -0.05) is 6.07 Å². The molecule has 2 rings (SSSR count). The van der Waals surface area contributed by atoms with Crippen LogP contribution in [0.2, 0.25) is 0 Å². The Morgan fingerprint density at radius 1 is 1.30 bits per heavy atom. The molecule has 0 unspecified atom stereocenters. The molecule has 0 saturated carbocycles. The molecule has 2 aromatic rings. The van der Waals surface area contributed by atoms with Crippen LogP contribution in [0.1, 0.15) is 22.6 Å². The number of aryl methyl sites for hydroxylation is 1. The molecule has 2 N–H and O–H groups in total. The molecule has 0 bridgehead atoms. The van der Waals surface area contributed by atoms with Crippen molar-refractivity contribution >= 4 is 15.9 Å². The highest BCUT2D eigenvalue weighted by Crippen LogP contribution is 2.30. The van der Waals surface area contributed by atoms with E-state index < -0.39 is 11.9 Å². The summed E-state index contributed by atoms with van der Waals surface area (Å²) in [6.45, 7) is 3.58. The Bertz CT molecular complexity index is 649. The van der Waals surface area contributed by atoms with Crippen molar-refractivity contribution in [1.82, 2.24) is 14.8 Å². The summed E-state index contributed by atoms with van der Waals surface area (Å²) in [6, 6.07) is 2.25. The van der Waals surface area contributed by atoms with E-state index in [2.05, 4.69) is 26.0 Å². The number of hydrogen-bond donors (Lipinski definition) is 1. The van der Waals surface area contributed by atoms with Gasteiger partial charge in [0, 0.05) is 12.1 Å². The summed E-state index contributed by atoms with van der Waals surface area (Å²) in [5, 5.41) is 4.20. The van der Waals surface area contributed by atoms with Crippen molar-refractivity contribution in [3.05, 3.63) is 39.3 Å². The van der Waals surface area contributed by atoms with Crippen molar-refractivity contribution in [3.63, 3.8) is 0 Å². The molecule has 2 heterocycles. The first-order chi connectivity index (χ1) is 9.25. The smallest absolute Gasteiger partial charge is 0.326 e. The monoisotopic (exact) mass is 348 g/mol. The van der Waals surface area contributed by atoms with E-state index in [4.69, 9.17) is 5.73 Å². The molecule has 0 spiro atoms. The fourth-order valence-electron chi connectivity index (χ4n) is 1.81. The Labute approximate surface area is 121 Å². The molecule has 8 heteroatoms. The molecule has 20 heavy (non-hydrogen) atoms. The Hall–Kier alpha value is -1.41. The fraction of sp³-hybridized carbons (Fsp3) is 0.333. The van der Waals surface area contributed by atoms with Crippen LogP contribution in [0.25, 0.3) is 5.82 Å². The van der Waals surface area contributed by atoms with E-state index in [1.165, 1.54) is 10.7 Å². The van der Waals surface area contributed by atoms with Crippen LogP contribution in [0.15, 0.2) is 16.6 Å². The number of alkyl halides is 3. The minimum absolute atomic E-state index is 0.0798. The SMILES string of the molecule is Cc1nn(-c2nc(C(F)(F)F)ccc2CN)c(C)c1Br. The van der Waals surface area contributed by atoms with Gasteiger partial charge in [-0.15, -0.1) is 0 Å². The minimum atomic E-state index is -4.50. The number of pyridine rings is 1. The molecule has 0 saturated heterocycles. The van der Waals surface area contributed by atoms with Gasteiger partial charge in [-0.05, 0) is 35.8 Å². The van der Waals surface area contributed by atoms with Crippen LogP contribution in [-0.4, -0.2) is 14.8 Å². The predicted octanol–water partition coefficient (Wildman–Crippen LogP) is 3.12. The summed E-state index contributed by atoms with van der Waals surface area (Å²) in [7, 11) is 0. The van der Waals surface area contributed by atoms with Gasteiger partial charge in [0.25, 0.3) is 0 Å². The molecule has 0 aliphatic heterocycles. The van der Waals surface area contributed by atoms with Crippen molar-refractivity contribution in [2.75, 3.05) is 0 Å². The number of nitrogens with two attached hydrogens (primary N) is 1. The summed E-state index contributed by atoms with van der Waals surface area (Å²) >= 11 is 3.34. The second kappa shape index (κ2) is 5.17. The zero-order chi connectivity index (χ0) is 15.1. The van der Waals surface area contributed by atoms with Crippen LogP contribution < -0.4 is 5.73 Å². The summed E-state index contributed by atoms with van der Waals surface area (Å²) < 4.78 is 40.4. The Morgan fingerprint density at radius 2 is 1.95 bits per heavy atom. The van der Waals surface area contributed by atoms with Crippen molar-refractivity contribution in [1.29, 1.82) is 0 Å². The van der Waals surface area contributed by atoms with Gasteiger partial charge in [0.15, 0.2) is 5.82 Å². The van der Waals surface area contributed by atoms with Crippen LogP contribution in [0, 0.1) is 13.8 Å². The van der Waals surface area contributed by atoms with Gasteiger partial charge in [0.2, 0.25) is 0 Å². The van der Waals surface area contributed by atoms with Crippen molar-refractivity contribution < 1.29 is 13.2 Å². The van der Waals surface area contributed by atoms with Crippen LogP contribution in [0.5, 0.6) is 0 Å². The van der Waals surface area contributed by atoms with Crippen molar-refractivity contribution in [2.45, 2.75) is 26.6 Å². The van der Waals surface area contributed by atoms with Crippen molar-refractivity contribution in [2.24, 2.45) is 5.73 Å². The van der Waals surface area contributed by atoms with E-state index in [0.717, 1.165) is 10.5 Å². The Morgan fingerprint density at radius 3 is 2.40 bits per heavy atom. The lowest BCUT2D eigenvalue weighted by Gasteiger charge is -2.12. The first-order valence-electron chi connectivity index (χ1n) is 5.75. The standard InChI is InChI=1S/C12H12BrF3N4/c1-6-10(13)7(2)20(19-6)11-8(5-17)3-4-9(18-11)12(14,15)16/h3-4H,5,17H2,1-2H3. The maximum atomic E-state index is 12.8. The maximum absolute atomic E-state index is 12.8. The summed E-state index contributed by atoms with van der Waals surface area (Å²) in [5.74, 6) is 0.105. The summed E-state index contributed by atoms with van der Waals surface area (Å²) in [6.07, 6.45) is -4.50. The number of aromatic nitrogens is 3. The molecule has 0 amide bonds. The lowest BCUT2D eigenvalue weighted by molar-refractivity contribution is -0.141. The first kappa shape index (κ1) is 15.0. The second-order valence-corrected chi connectivity index (χ2v) is 5.07. The summed E-state index contributed by atoms with van der Waals surface area (Å²) in [5.41, 5.74) is 6.44. The number of rotatable bonds is 2. The first-order valence-corrected chi connectivity index (χ1v) is 6.54. The average molecular weight is 349 g/mol. The molecular formula is C12H12BrF3N4. The number of halogens is 4. The van der Waals surface area contributed by atoms with Gasteiger partial charge in [-0.25, -0.2) is 9.67 Å². The van der Waals surface area contributed by atoms with Gasteiger partial charge >= 0.3 is 6.18 Å². The highest BCUT2D eigenvalue weighted by molar-refractivity contribution is 9.10. The molecule has 0 fully saturated rings. The van der Waals surface area contributed by atoms with E-state index in [1.807, 2.05) is 0 Å².